The van der Waals surface area contributed by atoms with Gasteiger partial charge in [0.2, 0.25) is 0 Å². The first kappa shape index (κ1) is 16.2. The minimum absolute atomic E-state index is 0.0228. The molecule has 1 aromatic rings. The zero-order valence-electron chi connectivity index (χ0n) is 11.6. The van der Waals surface area contributed by atoms with Crippen molar-refractivity contribution in [3.05, 3.63) is 11.6 Å². The Bertz CT molecular complexity index is 611. The van der Waals surface area contributed by atoms with Crippen LogP contribution in [0.3, 0.4) is 0 Å². The second kappa shape index (κ2) is 5.54. The number of hydrogen-bond acceptors (Lipinski definition) is 4. The molecule has 0 spiro atoms. The number of aryl methyl sites for hydroxylation is 1. The van der Waals surface area contributed by atoms with Crippen molar-refractivity contribution in [1.82, 2.24) is 23.8 Å². The molecule has 0 bridgehead atoms. The van der Waals surface area contributed by atoms with E-state index in [9.17, 15) is 21.6 Å². The summed E-state index contributed by atoms with van der Waals surface area (Å²) in [6, 6.07) is 0. The van der Waals surface area contributed by atoms with Gasteiger partial charge in [-0.1, -0.05) is 0 Å². The normalized spacial score (nSPS) is 19.8. The van der Waals surface area contributed by atoms with Gasteiger partial charge >= 0.3 is 6.18 Å². The minimum atomic E-state index is -4.28. The summed E-state index contributed by atoms with van der Waals surface area (Å²) < 4.78 is 66.1. The van der Waals surface area contributed by atoms with Gasteiger partial charge in [-0.15, -0.1) is 10.2 Å². The Hall–Kier alpha value is -1.20. The number of nitrogens with one attached hydrogen (secondary N) is 1. The second-order valence-corrected chi connectivity index (χ2v) is 7.00. The van der Waals surface area contributed by atoms with Crippen molar-refractivity contribution in [2.75, 3.05) is 14.1 Å². The highest BCUT2D eigenvalue weighted by molar-refractivity contribution is 7.87. The highest BCUT2D eigenvalue weighted by Crippen LogP contribution is 2.34. The van der Waals surface area contributed by atoms with Gasteiger partial charge in [0.25, 0.3) is 10.2 Å². The molecule has 2 rings (SSSR count). The lowest BCUT2D eigenvalue weighted by Crippen LogP contribution is -2.37. The fourth-order valence-corrected chi connectivity index (χ4v) is 2.64. The maximum Gasteiger partial charge on any atom is 0.393 e. The fraction of sp³-hybridized carbons (Fsp3) is 0.800. The lowest BCUT2D eigenvalue weighted by Gasteiger charge is -2.26. The van der Waals surface area contributed by atoms with Crippen molar-refractivity contribution in [3.8, 4) is 0 Å². The Balaban J connectivity index is 2.13. The monoisotopic (exact) mass is 327 g/mol. The summed E-state index contributed by atoms with van der Waals surface area (Å²) in [6.45, 7) is -0.469. The predicted octanol–water partition coefficient (Wildman–Crippen LogP) is 0.299. The van der Waals surface area contributed by atoms with Crippen molar-refractivity contribution in [2.24, 2.45) is 5.92 Å². The van der Waals surface area contributed by atoms with Gasteiger partial charge in [-0.05, 0) is 6.42 Å². The highest BCUT2D eigenvalue weighted by Gasteiger charge is 2.42. The Morgan fingerprint density at radius 2 is 2.05 bits per heavy atom. The molecule has 120 valence electrons. The molecule has 21 heavy (non-hydrogen) atoms. The molecule has 1 atom stereocenters. The predicted molar refractivity (Wildman–Crippen MR) is 67.3 cm³/mol. The number of fused-ring (bicyclic) bond motifs is 1. The van der Waals surface area contributed by atoms with E-state index >= 15 is 0 Å². The third kappa shape index (κ3) is 3.52. The summed E-state index contributed by atoms with van der Waals surface area (Å²) in [5, 5.41) is 7.59. The summed E-state index contributed by atoms with van der Waals surface area (Å²) in [6.07, 6.45) is -4.12. The zero-order chi connectivity index (χ0) is 15.8. The van der Waals surface area contributed by atoms with Gasteiger partial charge in [-0.25, -0.2) is 0 Å². The average molecular weight is 327 g/mol. The molecule has 1 N–H and O–H groups in total. The minimum Gasteiger partial charge on any atom is -0.313 e. The first-order chi connectivity index (χ1) is 9.61. The summed E-state index contributed by atoms with van der Waals surface area (Å²) in [7, 11) is -0.966. The Kier molecular flexibility index (Phi) is 4.26. The third-order valence-electron chi connectivity index (χ3n) is 3.38. The first-order valence-corrected chi connectivity index (χ1v) is 7.70. The molecule has 0 unspecified atom stereocenters. The van der Waals surface area contributed by atoms with Crippen LogP contribution >= 0.6 is 0 Å². The maximum atomic E-state index is 12.8. The fourth-order valence-electron chi connectivity index (χ4n) is 2.07. The number of alkyl halides is 3. The van der Waals surface area contributed by atoms with E-state index in [0.717, 1.165) is 4.31 Å². The van der Waals surface area contributed by atoms with E-state index in [1.165, 1.54) is 18.7 Å². The van der Waals surface area contributed by atoms with E-state index in [2.05, 4.69) is 14.9 Å². The van der Waals surface area contributed by atoms with Crippen LogP contribution in [0.4, 0.5) is 13.2 Å². The lowest BCUT2D eigenvalue weighted by atomic mass is 9.99. The van der Waals surface area contributed by atoms with Crippen molar-refractivity contribution in [3.63, 3.8) is 0 Å². The Labute approximate surface area is 120 Å². The van der Waals surface area contributed by atoms with Gasteiger partial charge in [-0.3, -0.25) is 0 Å². The Morgan fingerprint density at radius 1 is 1.38 bits per heavy atom. The van der Waals surface area contributed by atoms with Crippen molar-refractivity contribution in [2.45, 2.75) is 32.1 Å². The molecular weight excluding hydrogens is 311 g/mol. The van der Waals surface area contributed by atoms with Crippen molar-refractivity contribution < 1.29 is 21.6 Å². The molecule has 0 fully saturated rings. The van der Waals surface area contributed by atoms with E-state index in [0.29, 0.717) is 5.82 Å². The molecule has 7 nitrogen and oxygen atoms in total. The van der Waals surface area contributed by atoms with Gasteiger partial charge in [0, 0.05) is 27.1 Å². The van der Waals surface area contributed by atoms with E-state index < -0.39 is 22.3 Å². The van der Waals surface area contributed by atoms with Crippen LogP contribution in [0.25, 0.3) is 0 Å². The quantitative estimate of drug-likeness (QED) is 0.862. The molecule has 1 aliphatic heterocycles. The first-order valence-electron chi connectivity index (χ1n) is 6.26. The van der Waals surface area contributed by atoms with E-state index in [4.69, 9.17) is 0 Å². The van der Waals surface area contributed by atoms with Crippen LogP contribution in [-0.4, -0.2) is 47.8 Å². The van der Waals surface area contributed by atoms with Crippen LogP contribution in [0, 0.1) is 5.92 Å². The average Bonchev–Trinajstić information content (AvgIpc) is 2.77. The maximum absolute atomic E-state index is 12.8. The SMILES string of the molecule is CN(C)S(=O)(=O)NCc1nnc2n1C[C@H](C(F)(F)F)CC2. The standard InChI is InChI=1S/C10H16F3N5O2S/c1-17(2)21(19,20)14-5-9-16-15-8-4-3-7(6-18(8)9)10(11,12)13/h7,14H,3-6H2,1-2H3/t7-/m1/s1. The molecule has 2 heterocycles. The third-order valence-corrected chi connectivity index (χ3v) is 4.85. The summed E-state index contributed by atoms with van der Waals surface area (Å²) in [5.74, 6) is -0.816. The zero-order valence-corrected chi connectivity index (χ0v) is 12.4. The van der Waals surface area contributed by atoms with Crippen LogP contribution in [0.5, 0.6) is 0 Å². The molecule has 1 aliphatic rings. The number of halogens is 3. The number of hydrogen-bond donors (Lipinski definition) is 1. The van der Waals surface area contributed by atoms with Gasteiger partial charge in [-0.2, -0.15) is 30.6 Å². The molecule has 0 radical (unpaired) electrons. The van der Waals surface area contributed by atoms with Gasteiger partial charge < -0.3 is 4.57 Å². The highest BCUT2D eigenvalue weighted by atomic mass is 32.2. The molecular formula is C10H16F3N5O2S. The number of aromatic nitrogens is 3. The summed E-state index contributed by atoms with van der Waals surface area (Å²) in [4.78, 5) is 0. The lowest BCUT2D eigenvalue weighted by molar-refractivity contribution is -0.182. The molecule has 11 heteroatoms. The number of rotatable bonds is 4. The van der Waals surface area contributed by atoms with Gasteiger partial charge in [0.1, 0.15) is 11.6 Å². The van der Waals surface area contributed by atoms with Crippen molar-refractivity contribution >= 4 is 10.2 Å². The van der Waals surface area contributed by atoms with E-state index in [1.54, 1.807) is 0 Å². The second-order valence-electron chi connectivity index (χ2n) is 5.03. The van der Waals surface area contributed by atoms with Crippen LogP contribution in [0.1, 0.15) is 18.1 Å². The molecule has 0 saturated carbocycles. The van der Waals surface area contributed by atoms with Crippen LogP contribution in [0.15, 0.2) is 0 Å². The topological polar surface area (TPSA) is 80.1 Å². The van der Waals surface area contributed by atoms with Gasteiger partial charge in [0.15, 0.2) is 0 Å². The van der Waals surface area contributed by atoms with Crippen molar-refractivity contribution in [1.29, 1.82) is 0 Å². The Morgan fingerprint density at radius 3 is 2.62 bits per heavy atom. The van der Waals surface area contributed by atoms with E-state index in [-0.39, 0.29) is 31.8 Å². The largest absolute Gasteiger partial charge is 0.393 e. The molecule has 0 aromatic carbocycles. The van der Waals surface area contributed by atoms with Crippen LogP contribution in [0.2, 0.25) is 0 Å². The van der Waals surface area contributed by atoms with Gasteiger partial charge in [0.05, 0.1) is 12.5 Å². The molecule has 1 aromatic heterocycles. The molecule has 0 amide bonds. The molecule has 0 saturated heterocycles. The summed E-state index contributed by atoms with van der Waals surface area (Å²) in [5.41, 5.74) is 0. The van der Waals surface area contributed by atoms with E-state index in [1.807, 2.05) is 0 Å². The van der Waals surface area contributed by atoms with Crippen LogP contribution in [-0.2, 0) is 29.7 Å². The molecule has 0 aliphatic carbocycles. The van der Waals surface area contributed by atoms with Crippen LogP contribution < -0.4 is 4.72 Å². The summed E-state index contributed by atoms with van der Waals surface area (Å²) >= 11 is 0. The smallest absolute Gasteiger partial charge is 0.313 e. The number of nitrogens with zero attached hydrogens (tertiary/aromatic N) is 4.